The molecule has 3 rings (SSSR count). The number of rotatable bonds is 11. The minimum Gasteiger partial charge on any atom is -0.477 e. The SMILES string of the molecule is CC(C)CCc1c(C(=O)O)n(CCC(C)C)c(=O)n1Cc1ccc(-c2ccccc2OC(=O)O)cc1. The lowest BCUT2D eigenvalue weighted by Gasteiger charge is -2.12. The van der Waals surface area contributed by atoms with Crippen molar-refractivity contribution in [2.24, 2.45) is 11.8 Å². The minimum atomic E-state index is -1.39. The summed E-state index contributed by atoms with van der Waals surface area (Å²) >= 11 is 0. The highest BCUT2D eigenvalue weighted by molar-refractivity contribution is 5.87. The number of carboxylic acids is 1. The summed E-state index contributed by atoms with van der Waals surface area (Å²) in [6.07, 6.45) is 0.595. The van der Waals surface area contributed by atoms with Crippen LogP contribution < -0.4 is 10.4 Å². The molecule has 3 aromatic rings. The van der Waals surface area contributed by atoms with Crippen molar-refractivity contribution in [3.63, 3.8) is 0 Å². The maximum absolute atomic E-state index is 13.4. The number of nitrogens with zero attached hydrogens (tertiary/aromatic N) is 2. The molecule has 0 aliphatic rings. The third-order valence-corrected chi connectivity index (χ3v) is 6.11. The highest BCUT2D eigenvalue weighted by Crippen LogP contribution is 2.30. The molecule has 1 aromatic heterocycles. The van der Waals surface area contributed by atoms with Gasteiger partial charge in [0.1, 0.15) is 5.75 Å². The van der Waals surface area contributed by atoms with Crippen molar-refractivity contribution < 1.29 is 24.5 Å². The number of hydrogen-bond donors (Lipinski definition) is 2. The van der Waals surface area contributed by atoms with Crippen molar-refractivity contribution in [3.8, 4) is 16.9 Å². The van der Waals surface area contributed by atoms with E-state index in [9.17, 15) is 19.5 Å². The zero-order valence-electron chi connectivity index (χ0n) is 21.2. The summed E-state index contributed by atoms with van der Waals surface area (Å²) in [5, 5.41) is 19.0. The van der Waals surface area contributed by atoms with E-state index in [-0.39, 0.29) is 23.7 Å². The number of carboxylic acid groups (broad SMARTS) is 2. The predicted molar refractivity (Wildman–Crippen MR) is 138 cm³/mol. The molecule has 36 heavy (non-hydrogen) atoms. The van der Waals surface area contributed by atoms with Crippen molar-refractivity contribution in [2.45, 2.75) is 60.0 Å². The van der Waals surface area contributed by atoms with Gasteiger partial charge in [0, 0.05) is 12.1 Å². The summed E-state index contributed by atoms with van der Waals surface area (Å²) in [4.78, 5) is 36.7. The molecule has 0 bridgehead atoms. The number of aromatic nitrogens is 2. The van der Waals surface area contributed by atoms with E-state index in [0.717, 1.165) is 17.5 Å². The Morgan fingerprint density at radius 1 is 0.889 bits per heavy atom. The number of imidazole rings is 1. The molecule has 0 unspecified atom stereocenters. The van der Waals surface area contributed by atoms with Crippen LogP contribution in [0, 0.1) is 11.8 Å². The Hall–Kier alpha value is -3.81. The van der Waals surface area contributed by atoms with Crippen molar-refractivity contribution in [3.05, 3.63) is 76.0 Å². The van der Waals surface area contributed by atoms with Crippen LogP contribution in [0.5, 0.6) is 5.75 Å². The Morgan fingerprint density at radius 3 is 2.11 bits per heavy atom. The van der Waals surface area contributed by atoms with Gasteiger partial charge in [0.15, 0.2) is 5.69 Å². The lowest BCUT2D eigenvalue weighted by Crippen LogP contribution is -2.27. The van der Waals surface area contributed by atoms with Crippen LogP contribution in [0.4, 0.5) is 4.79 Å². The molecule has 2 aromatic carbocycles. The number of hydrogen-bond acceptors (Lipinski definition) is 4. The molecule has 0 aliphatic carbocycles. The molecule has 192 valence electrons. The molecule has 1 heterocycles. The second-order valence-electron chi connectivity index (χ2n) is 9.80. The van der Waals surface area contributed by atoms with Crippen LogP contribution in [0.3, 0.4) is 0 Å². The maximum atomic E-state index is 13.4. The second kappa shape index (κ2) is 11.7. The fourth-order valence-corrected chi connectivity index (χ4v) is 4.18. The first-order valence-corrected chi connectivity index (χ1v) is 12.2. The van der Waals surface area contributed by atoms with E-state index in [4.69, 9.17) is 9.84 Å². The summed E-state index contributed by atoms with van der Waals surface area (Å²) < 4.78 is 7.89. The first kappa shape index (κ1) is 26.8. The van der Waals surface area contributed by atoms with Gasteiger partial charge >= 0.3 is 17.8 Å². The van der Waals surface area contributed by atoms with Crippen LogP contribution in [-0.4, -0.2) is 31.5 Å². The second-order valence-corrected chi connectivity index (χ2v) is 9.80. The van der Waals surface area contributed by atoms with Crippen molar-refractivity contribution >= 4 is 12.1 Å². The molecular weight excluding hydrogens is 460 g/mol. The average Bonchev–Trinajstić information content (AvgIpc) is 3.07. The first-order valence-electron chi connectivity index (χ1n) is 12.2. The molecule has 0 saturated heterocycles. The quantitative estimate of drug-likeness (QED) is 0.259. The van der Waals surface area contributed by atoms with Crippen LogP contribution in [0.25, 0.3) is 11.1 Å². The molecule has 2 N–H and O–H groups in total. The van der Waals surface area contributed by atoms with E-state index in [2.05, 4.69) is 13.8 Å². The molecule has 8 heteroatoms. The largest absolute Gasteiger partial charge is 0.511 e. The standard InChI is InChI=1S/C28H34N2O6/c1-18(2)9-14-23-25(26(31)32)29(16-15-19(3)4)27(33)30(23)17-20-10-12-21(13-11-20)22-7-5-6-8-24(22)36-28(34)35/h5-8,10-13,18-19H,9,14-17H2,1-4H3,(H,31,32)(H,34,35). The third-order valence-electron chi connectivity index (χ3n) is 6.11. The Kier molecular flexibility index (Phi) is 8.74. The van der Waals surface area contributed by atoms with Gasteiger partial charge in [-0.3, -0.25) is 9.13 Å². The molecule has 0 fully saturated rings. The van der Waals surface area contributed by atoms with Crippen LogP contribution in [0.1, 0.15) is 62.3 Å². The smallest absolute Gasteiger partial charge is 0.477 e. The van der Waals surface area contributed by atoms with Crippen LogP contribution in [0.2, 0.25) is 0 Å². The zero-order chi connectivity index (χ0) is 26.4. The van der Waals surface area contributed by atoms with Crippen molar-refractivity contribution in [2.75, 3.05) is 0 Å². The number of para-hydroxylation sites is 1. The topological polar surface area (TPSA) is 111 Å². The normalized spacial score (nSPS) is 11.3. The van der Waals surface area contributed by atoms with Gasteiger partial charge in [0.2, 0.25) is 0 Å². The van der Waals surface area contributed by atoms with Gasteiger partial charge in [0.25, 0.3) is 0 Å². The van der Waals surface area contributed by atoms with Gasteiger partial charge in [0.05, 0.1) is 12.2 Å². The van der Waals surface area contributed by atoms with Gasteiger partial charge < -0.3 is 14.9 Å². The number of aromatic carboxylic acids is 1. The van der Waals surface area contributed by atoms with Crippen molar-refractivity contribution in [1.29, 1.82) is 0 Å². The van der Waals surface area contributed by atoms with E-state index < -0.39 is 12.1 Å². The number of benzene rings is 2. The average molecular weight is 495 g/mol. The lowest BCUT2D eigenvalue weighted by molar-refractivity contribution is 0.0682. The summed E-state index contributed by atoms with van der Waals surface area (Å²) in [5.41, 5.74) is 2.56. The van der Waals surface area contributed by atoms with Gasteiger partial charge in [-0.2, -0.15) is 0 Å². The molecule has 0 radical (unpaired) electrons. The summed E-state index contributed by atoms with van der Waals surface area (Å²) in [6.45, 7) is 8.84. The van der Waals surface area contributed by atoms with E-state index >= 15 is 0 Å². The Balaban J connectivity index is 1.99. The monoisotopic (exact) mass is 494 g/mol. The van der Waals surface area contributed by atoms with Crippen LogP contribution in [0.15, 0.2) is 53.3 Å². The fraction of sp³-hybridized carbons (Fsp3) is 0.393. The van der Waals surface area contributed by atoms with Crippen LogP contribution >= 0.6 is 0 Å². The molecule has 0 aliphatic heterocycles. The van der Waals surface area contributed by atoms with Gasteiger partial charge in [-0.05, 0) is 48.3 Å². The fourth-order valence-electron chi connectivity index (χ4n) is 4.18. The Bertz CT molecular complexity index is 1270. The zero-order valence-corrected chi connectivity index (χ0v) is 21.2. The molecule has 0 atom stereocenters. The van der Waals surface area contributed by atoms with Gasteiger partial charge in [-0.25, -0.2) is 14.4 Å². The molecule has 0 spiro atoms. The lowest BCUT2D eigenvalue weighted by atomic mass is 10.0. The number of carbonyl (C=O) groups is 2. The van der Waals surface area contributed by atoms with Crippen molar-refractivity contribution in [1.82, 2.24) is 9.13 Å². The minimum absolute atomic E-state index is 0.0812. The van der Waals surface area contributed by atoms with E-state index in [1.54, 1.807) is 28.8 Å². The Morgan fingerprint density at radius 2 is 1.53 bits per heavy atom. The molecular formula is C28H34N2O6. The summed E-state index contributed by atoms with van der Waals surface area (Å²) in [6, 6.07) is 14.3. The molecule has 8 nitrogen and oxygen atoms in total. The predicted octanol–water partition coefficient (Wildman–Crippen LogP) is 5.75. The van der Waals surface area contributed by atoms with Gasteiger partial charge in [-0.1, -0.05) is 70.2 Å². The van der Waals surface area contributed by atoms with Crippen LogP contribution in [-0.2, 0) is 19.5 Å². The van der Waals surface area contributed by atoms with E-state index in [0.29, 0.717) is 42.5 Å². The maximum Gasteiger partial charge on any atom is 0.511 e. The molecule has 0 amide bonds. The highest BCUT2D eigenvalue weighted by Gasteiger charge is 2.25. The highest BCUT2D eigenvalue weighted by atomic mass is 16.7. The van der Waals surface area contributed by atoms with E-state index in [1.807, 2.05) is 38.1 Å². The first-order chi connectivity index (χ1) is 17.1. The van der Waals surface area contributed by atoms with E-state index in [1.165, 1.54) is 4.57 Å². The Labute approximate surface area is 210 Å². The molecule has 0 saturated carbocycles. The van der Waals surface area contributed by atoms with Gasteiger partial charge in [-0.15, -0.1) is 0 Å². The summed E-state index contributed by atoms with van der Waals surface area (Å²) in [5.74, 6) is -0.153. The third kappa shape index (κ3) is 6.44. The number of ether oxygens (including phenoxy) is 1. The summed E-state index contributed by atoms with van der Waals surface area (Å²) in [7, 11) is 0.